The molecular weight excluding hydrogens is 242 g/mol. The SMILES string of the molecule is CC(O)C(=O)N(C)CCc1ccc2c(c1)ncn2C. The molecule has 1 amide bonds. The molecule has 0 radical (unpaired) electrons. The normalized spacial score (nSPS) is 12.6. The summed E-state index contributed by atoms with van der Waals surface area (Å²) in [6, 6.07) is 6.12. The Kier molecular flexibility index (Phi) is 3.85. The number of aromatic nitrogens is 2. The van der Waals surface area contributed by atoms with E-state index in [0.29, 0.717) is 6.54 Å². The van der Waals surface area contributed by atoms with Crippen molar-refractivity contribution < 1.29 is 9.90 Å². The molecule has 1 N–H and O–H groups in total. The molecule has 1 aromatic carbocycles. The van der Waals surface area contributed by atoms with Crippen molar-refractivity contribution in [2.45, 2.75) is 19.4 Å². The third-order valence-corrected chi connectivity index (χ3v) is 3.26. The number of imidazole rings is 1. The van der Waals surface area contributed by atoms with Gasteiger partial charge in [-0.15, -0.1) is 0 Å². The molecule has 0 aliphatic carbocycles. The van der Waals surface area contributed by atoms with Crippen molar-refractivity contribution in [3.8, 4) is 0 Å². The van der Waals surface area contributed by atoms with Crippen molar-refractivity contribution in [2.24, 2.45) is 7.05 Å². The number of carbonyl (C=O) groups is 1. The summed E-state index contributed by atoms with van der Waals surface area (Å²) in [5, 5.41) is 9.23. The van der Waals surface area contributed by atoms with Gasteiger partial charge in [-0.2, -0.15) is 0 Å². The van der Waals surface area contributed by atoms with E-state index in [9.17, 15) is 9.90 Å². The number of carbonyl (C=O) groups excluding carboxylic acids is 1. The van der Waals surface area contributed by atoms with E-state index in [1.165, 1.54) is 6.92 Å². The minimum Gasteiger partial charge on any atom is -0.384 e. The first-order valence-electron chi connectivity index (χ1n) is 6.32. The summed E-state index contributed by atoms with van der Waals surface area (Å²) in [5.74, 6) is -0.251. The van der Waals surface area contributed by atoms with Crippen LogP contribution < -0.4 is 0 Å². The van der Waals surface area contributed by atoms with Crippen LogP contribution in [0.4, 0.5) is 0 Å². The number of hydrogen-bond donors (Lipinski definition) is 1. The smallest absolute Gasteiger partial charge is 0.250 e. The number of amides is 1. The van der Waals surface area contributed by atoms with E-state index in [4.69, 9.17) is 0 Å². The summed E-state index contributed by atoms with van der Waals surface area (Å²) in [7, 11) is 3.67. The van der Waals surface area contributed by atoms with Crippen LogP contribution in [-0.4, -0.2) is 45.2 Å². The van der Waals surface area contributed by atoms with Gasteiger partial charge < -0.3 is 14.6 Å². The number of aryl methyl sites for hydroxylation is 1. The van der Waals surface area contributed by atoms with Crippen LogP contribution in [0.5, 0.6) is 0 Å². The maximum Gasteiger partial charge on any atom is 0.250 e. The van der Waals surface area contributed by atoms with E-state index >= 15 is 0 Å². The standard InChI is InChI=1S/C14H19N3O2/c1-10(18)14(19)16(2)7-6-11-4-5-13-12(8-11)15-9-17(13)3/h4-5,8-10,18H,6-7H2,1-3H3. The van der Waals surface area contributed by atoms with E-state index in [1.807, 2.05) is 29.8 Å². The molecule has 1 atom stereocenters. The predicted octanol–water partition coefficient (Wildman–Crippen LogP) is 0.955. The first kappa shape index (κ1) is 13.5. The lowest BCUT2D eigenvalue weighted by Gasteiger charge is -2.18. The van der Waals surface area contributed by atoms with Gasteiger partial charge in [0, 0.05) is 20.6 Å². The molecule has 0 bridgehead atoms. The van der Waals surface area contributed by atoms with Crippen LogP contribution in [0.2, 0.25) is 0 Å². The number of fused-ring (bicyclic) bond motifs is 1. The third kappa shape index (κ3) is 2.93. The maximum absolute atomic E-state index is 11.5. The fourth-order valence-corrected chi connectivity index (χ4v) is 2.06. The number of nitrogens with zero attached hydrogens (tertiary/aromatic N) is 3. The zero-order valence-electron chi connectivity index (χ0n) is 11.5. The Bertz CT molecular complexity index is 589. The highest BCUT2D eigenvalue weighted by Gasteiger charge is 2.14. The number of aliphatic hydroxyl groups excluding tert-OH is 1. The first-order valence-corrected chi connectivity index (χ1v) is 6.32. The summed E-state index contributed by atoms with van der Waals surface area (Å²) < 4.78 is 1.97. The van der Waals surface area contributed by atoms with E-state index in [0.717, 1.165) is 23.0 Å². The van der Waals surface area contributed by atoms with Crippen LogP contribution in [-0.2, 0) is 18.3 Å². The molecular formula is C14H19N3O2. The second kappa shape index (κ2) is 5.40. The maximum atomic E-state index is 11.5. The van der Waals surface area contributed by atoms with E-state index in [1.54, 1.807) is 18.3 Å². The van der Waals surface area contributed by atoms with Crippen molar-refractivity contribution >= 4 is 16.9 Å². The van der Waals surface area contributed by atoms with Gasteiger partial charge in [0.25, 0.3) is 5.91 Å². The van der Waals surface area contributed by atoms with Crippen molar-refractivity contribution in [2.75, 3.05) is 13.6 Å². The van der Waals surface area contributed by atoms with Crippen molar-refractivity contribution in [3.05, 3.63) is 30.1 Å². The molecule has 102 valence electrons. The highest BCUT2D eigenvalue weighted by atomic mass is 16.3. The molecule has 19 heavy (non-hydrogen) atoms. The van der Waals surface area contributed by atoms with Gasteiger partial charge in [-0.25, -0.2) is 4.98 Å². The second-order valence-electron chi connectivity index (χ2n) is 4.86. The first-order chi connectivity index (χ1) is 8.99. The topological polar surface area (TPSA) is 58.4 Å². The van der Waals surface area contributed by atoms with Gasteiger partial charge in [0.15, 0.2) is 0 Å². The minimum absolute atomic E-state index is 0.251. The Balaban J connectivity index is 2.04. The molecule has 0 fully saturated rings. The van der Waals surface area contributed by atoms with E-state index in [-0.39, 0.29) is 5.91 Å². The zero-order valence-corrected chi connectivity index (χ0v) is 11.5. The van der Waals surface area contributed by atoms with Crippen LogP contribution in [0.25, 0.3) is 11.0 Å². The van der Waals surface area contributed by atoms with Crippen LogP contribution in [0.1, 0.15) is 12.5 Å². The number of aliphatic hydroxyl groups is 1. The Morgan fingerprint density at radius 3 is 2.95 bits per heavy atom. The molecule has 2 aromatic rings. The molecule has 1 aromatic heterocycles. The fourth-order valence-electron chi connectivity index (χ4n) is 2.06. The summed E-state index contributed by atoms with van der Waals surface area (Å²) in [6.45, 7) is 2.07. The summed E-state index contributed by atoms with van der Waals surface area (Å²) in [5.41, 5.74) is 3.19. The summed E-state index contributed by atoms with van der Waals surface area (Å²) >= 11 is 0. The zero-order chi connectivity index (χ0) is 14.0. The Hall–Kier alpha value is -1.88. The molecule has 0 spiro atoms. The quantitative estimate of drug-likeness (QED) is 0.891. The lowest BCUT2D eigenvalue weighted by molar-refractivity contribution is -0.137. The molecule has 2 rings (SSSR count). The molecule has 0 saturated heterocycles. The minimum atomic E-state index is -0.941. The predicted molar refractivity (Wildman–Crippen MR) is 73.7 cm³/mol. The third-order valence-electron chi connectivity index (χ3n) is 3.26. The molecule has 0 saturated carbocycles. The lowest BCUT2D eigenvalue weighted by atomic mass is 10.1. The van der Waals surface area contributed by atoms with E-state index in [2.05, 4.69) is 4.98 Å². The van der Waals surface area contributed by atoms with E-state index < -0.39 is 6.10 Å². The number of rotatable bonds is 4. The lowest BCUT2D eigenvalue weighted by Crippen LogP contribution is -2.35. The Labute approximate surface area is 112 Å². The van der Waals surface area contributed by atoms with Gasteiger partial charge in [0.2, 0.25) is 0 Å². The summed E-state index contributed by atoms with van der Waals surface area (Å²) in [6.07, 6.45) is 1.60. The highest BCUT2D eigenvalue weighted by molar-refractivity contribution is 5.80. The van der Waals surface area contributed by atoms with Gasteiger partial charge in [-0.1, -0.05) is 6.07 Å². The van der Waals surface area contributed by atoms with Crippen LogP contribution in [0.15, 0.2) is 24.5 Å². The second-order valence-corrected chi connectivity index (χ2v) is 4.86. The average Bonchev–Trinajstić information content (AvgIpc) is 2.76. The number of hydrogen-bond acceptors (Lipinski definition) is 3. The van der Waals surface area contributed by atoms with Gasteiger partial charge in [-0.3, -0.25) is 4.79 Å². The Morgan fingerprint density at radius 1 is 1.53 bits per heavy atom. The summed E-state index contributed by atoms with van der Waals surface area (Å²) in [4.78, 5) is 17.4. The van der Waals surface area contributed by atoms with Gasteiger partial charge in [0.1, 0.15) is 6.10 Å². The van der Waals surface area contributed by atoms with Crippen LogP contribution >= 0.6 is 0 Å². The van der Waals surface area contributed by atoms with Crippen molar-refractivity contribution in [1.82, 2.24) is 14.5 Å². The fraction of sp³-hybridized carbons (Fsp3) is 0.429. The average molecular weight is 261 g/mol. The van der Waals surface area contributed by atoms with Crippen LogP contribution in [0.3, 0.4) is 0 Å². The van der Waals surface area contributed by atoms with Crippen LogP contribution in [0, 0.1) is 0 Å². The molecule has 5 heteroatoms. The molecule has 1 heterocycles. The highest BCUT2D eigenvalue weighted by Crippen LogP contribution is 2.14. The van der Waals surface area contributed by atoms with Gasteiger partial charge in [-0.05, 0) is 31.0 Å². The van der Waals surface area contributed by atoms with Gasteiger partial charge in [0.05, 0.1) is 17.4 Å². The Morgan fingerprint density at radius 2 is 2.26 bits per heavy atom. The molecule has 1 unspecified atom stereocenters. The molecule has 0 aliphatic rings. The molecule has 5 nitrogen and oxygen atoms in total. The van der Waals surface area contributed by atoms with Crippen molar-refractivity contribution in [3.63, 3.8) is 0 Å². The van der Waals surface area contributed by atoms with Crippen molar-refractivity contribution in [1.29, 1.82) is 0 Å². The molecule has 0 aliphatic heterocycles. The monoisotopic (exact) mass is 261 g/mol. The van der Waals surface area contributed by atoms with Gasteiger partial charge >= 0.3 is 0 Å². The number of likely N-dealkylation sites (N-methyl/N-ethyl adjacent to an activating group) is 1. The largest absolute Gasteiger partial charge is 0.384 e. The number of benzene rings is 1.